The van der Waals surface area contributed by atoms with Crippen LogP contribution in [-0.2, 0) is 0 Å². The van der Waals surface area contributed by atoms with Crippen LogP contribution < -0.4 is 0 Å². The summed E-state index contributed by atoms with van der Waals surface area (Å²) in [5, 5.41) is 16.8. The highest BCUT2D eigenvalue weighted by Gasteiger charge is 2.04. The Balaban J connectivity index is 2.39. The van der Waals surface area contributed by atoms with Crippen molar-refractivity contribution in [3.8, 4) is 0 Å². The fraction of sp³-hybridized carbons (Fsp3) is 0.667. The molecule has 1 aromatic rings. The van der Waals surface area contributed by atoms with Crippen LogP contribution >= 0.6 is 11.8 Å². The predicted molar refractivity (Wildman–Crippen MR) is 41.4 cm³/mol. The molecule has 1 aromatic heterocycles. The molecule has 0 aromatic carbocycles. The molecule has 0 unspecified atom stereocenters. The Bertz CT molecular complexity index is 224. The number of hydrogen-bond donors (Lipinski definition) is 1. The van der Waals surface area contributed by atoms with Crippen molar-refractivity contribution in [2.45, 2.75) is 25.2 Å². The molecular formula is C6H10N2O2S. The molecule has 62 valence electrons. The van der Waals surface area contributed by atoms with Crippen LogP contribution in [0.25, 0.3) is 0 Å². The zero-order valence-corrected chi connectivity index (χ0v) is 7.26. The standard InChI is InChI=1S/C6H10N2O2S/c1-4(9)3-11-6-8-7-5(2)10-6/h4,9H,3H2,1-2H3/t4-/m1/s1. The van der Waals surface area contributed by atoms with Gasteiger partial charge in [0.25, 0.3) is 5.22 Å². The second-order valence-electron chi connectivity index (χ2n) is 2.25. The monoisotopic (exact) mass is 174 g/mol. The summed E-state index contributed by atoms with van der Waals surface area (Å²) in [7, 11) is 0. The second-order valence-corrected chi connectivity index (χ2v) is 3.22. The van der Waals surface area contributed by atoms with Crippen molar-refractivity contribution in [1.29, 1.82) is 0 Å². The van der Waals surface area contributed by atoms with E-state index in [1.165, 1.54) is 11.8 Å². The molecule has 1 atom stereocenters. The molecule has 1 N–H and O–H groups in total. The lowest BCUT2D eigenvalue weighted by Gasteiger charge is -1.97. The van der Waals surface area contributed by atoms with Gasteiger partial charge in [-0.1, -0.05) is 11.8 Å². The largest absolute Gasteiger partial charge is 0.416 e. The zero-order chi connectivity index (χ0) is 8.27. The van der Waals surface area contributed by atoms with Gasteiger partial charge in [0.2, 0.25) is 5.89 Å². The molecule has 1 rings (SSSR count). The molecule has 4 nitrogen and oxygen atoms in total. The number of aliphatic hydroxyl groups excluding tert-OH is 1. The highest BCUT2D eigenvalue weighted by atomic mass is 32.2. The molecule has 0 aliphatic heterocycles. The summed E-state index contributed by atoms with van der Waals surface area (Å²) in [6, 6.07) is 0. The lowest BCUT2D eigenvalue weighted by Crippen LogP contribution is -2.02. The quantitative estimate of drug-likeness (QED) is 0.688. The van der Waals surface area contributed by atoms with Gasteiger partial charge in [-0.3, -0.25) is 0 Å². The number of hydrogen-bond acceptors (Lipinski definition) is 5. The van der Waals surface area contributed by atoms with Gasteiger partial charge in [0.1, 0.15) is 0 Å². The van der Waals surface area contributed by atoms with Crippen molar-refractivity contribution in [2.75, 3.05) is 5.75 Å². The Morgan fingerprint density at radius 1 is 1.64 bits per heavy atom. The molecule has 11 heavy (non-hydrogen) atoms. The van der Waals surface area contributed by atoms with Crippen LogP contribution in [0.5, 0.6) is 0 Å². The van der Waals surface area contributed by atoms with Gasteiger partial charge >= 0.3 is 0 Å². The maximum atomic E-state index is 8.91. The van der Waals surface area contributed by atoms with E-state index in [2.05, 4.69) is 10.2 Å². The third-order valence-corrected chi connectivity index (χ3v) is 2.02. The number of aryl methyl sites for hydroxylation is 1. The number of aliphatic hydroxyl groups is 1. The van der Waals surface area contributed by atoms with Crippen LogP contribution in [0.1, 0.15) is 12.8 Å². The van der Waals surface area contributed by atoms with Crippen LogP contribution in [0.15, 0.2) is 9.64 Å². The maximum Gasteiger partial charge on any atom is 0.276 e. The predicted octanol–water partition coefficient (Wildman–Crippen LogP) is 0.851. The molecule has 5 heteroatoms. The first-order valence-electron chi connectivity index (χ1n) is 3.29. The van der Waals surface area contributed by atoms with Gasteiger partial charge < -0.3 is 9.52 Å². The number of aromatic nitrogens is 2. The summed E-state index contributed by atoms with van der Waals surface area (Å²) in [6.07, 6.45) is -0.341. The average molecular weight is 174 g/mol. The first-order valence-corrected chi connectivity index (χ1v) is 4.28. The van der Waals surface area contributed by atoms with Crippen molar-refractivity contribution in [3.63, 3.8) is 0 Å². The SMILES string of the molecule is Cc1nnc(SC[C@@H](C)O)o1. The van der Waals surface area contributed by atoms with E-state index in [0.29, 0.717) is 16.9 Å². The van der Waals surface area contributed by atoms with Gasteiger partial charge in [0.15, 0.2) is 0 Å². The Morgan fingerprint density at radius 3 is 2.82 bits per heavy atom. The molecule has 1 heterocycles. The lowest BCUT2D eigenvalue weighted by molar-refractivity contribution is 0.220. The van der Waals surface area contributed by atoms with Gasteiger partial charge in [0.05, 0.1) is 6.10 Å². The Kier molecular flexibility index (Phi) is 2.90. The minimum absolute atomic E-state index is 0.341. The molecule has 0 spiro atoms. The van der Waals surface area contributed by atoms with E-state index in [1.54, 1.807) is 13.8 Å². The van der Waals surface area contributed by atoms with Crippen LogP contribution in [0, 0.1) is 6.92 Å². The number of thioether (sulfide) groups is 1. The first kappa shape index (κ1) is 8.55. The van der Waals surface area contributed by atoms with Crippen LogP contribution in [0.3, 0.4) is 0 Å². The normalized spacial score (nSPS) is 13.4. The minimum atomic E-state index is -0.341. The zero-order valence-electron chi connectivity index (χ0n) is 6.44. The van der Waals surface area contributed by atoms with Crippen molar-refractivity contribution < 1.29 is 9.52 Å². The third-order valence-electron chi connectivity index (χ3n) is 0.956. The fourth-order valence-electron chi connectivity index (χ4n) is 0.529. The van der Waals surface area contributed by atoms with Crippen molar-refractivity contribution >= 4 is 11.8 Å². The molecular weight excluding hydrogens is 164 g/mol. The minimum Gasteiger partial charge on any atom is -0.416 e. The van der Waals surface area contributed by atoms with E-state index in [9.17, 15) is 0 Å². The van der Waals surface area contributed by atoms with E-state index in [0.717, 1.165) is 0 Å². The fourth-order valence-corrected chi connectivity index (χ4v) is 1.19. The van der Waals surface area contributed by atoms with Gasteiger partial charge in [-0.25, -0.2) is 0 Å². The van der Waals surface area contributed by atoms with Crippen LogP contribution in [0.2, 0.25) is 0 Å². The summed E-state index contributed by atoms with van der Waals surface area (Å²) in [5.74, 6) is 1.14. The van der Waals surface area contributed by atoms with E-state index >= 15 is 0 Å². The van der Waals surface area contributed by atoms with Gasteiger partial charge in [0, 0.05) is 12.7 Å². The van der Waals surface area contributed by atoms with Gasteiger partial charge in [-0.05, 0) is 6.92 Å². The summed E-state index contributed by atoms with van der Waals surface area (Å²) in [5.41, 5.74) is 0. The van der Waals surface area contributed by atoms with E-state index in [-0.39, 0.29) is 6.10 Å². The van der Waals surface area contributed by atoms with E-state index in [4.69, 9.17) is 9.52 Å². The average Bonchev–Trinajstić information content (AvgIpc) is 2.31. The Labute approximate surface area is 69.0 Å². The Hall–Kier alpha value is -0.550. The van der Waals surface area contributed by atoms with Crippen LogP contribution in [0.4, 0.5) is 0 Å². The van der Waals surface area contributed by atoms with Gasteiger partial charge in [-0.15, -0.1) is 10.2 Å². The molecule has 0 fully saturated rings. The second kappa shape index (κ2) is 3.73. The molecule has 0 aliphatic carbocycles. The molecule has 0 radical (unpaired) electrons. The van der Waals surface area contributed by atoms with Crippen LogP contribution in [-0.4, -0.2) is 27.2 Å². The highest BCUT2D eigenvalue weighted by molar-refractivity contribution is 7.99. The number of nitrogens with zero attached hydrogens (tertiary/aromatic N) is 2. The van der Waals surface area contributed by atoms with Crippen molar-refractivity contribution in [2.24, 2.45) is 0 Å². The smallest absolute Gasteiger partial charge is 0.276 e. The van der Waals surface area contributed by atoms with Crippen molar-refractivity contribution in [3.05, 3.63) is 5.89 Å². The van der Waals surface area contributed by atoms with Crippen molar-refractivity contribution in [1.82, 2.24) is 10.2 Å². The third kappa shape index (κ3) is 2.90. The van der Waals surface area contributed by atoms with E-state index < -0.39 is 0 Å². The molecule has 0 saturated heterocycles. The maximum absolute atomic E-state index is 8.91. The number of rotatable bonds is 3. The molecule has 0 amide bonds. The van der Waals surface area contributed by atoms with E-state index in [1.807, 2.05) is 0 Å². The highest BCUT2D eigenvalue weighted by Crippen LogP contribution is 2.15. The first-order chi connectivity index (χ1) is 5.18. The summed E-state index contributed by atoms with van der Waals surface area (Å²) in [6.45, 7) is 3.45. The summed E-state index contributed by atoms with van der Waals surface area (Å²) in [4.78, 5) is 0. The Morgan fingerprint density at radius 2 is 2.36 bits per heavy atom. The topological polar surface area (TPSA) is 59.2 Å². The van der Waals surface area contributed by atoms with Gasteiger partial charge in [-0.2, -0.15) is 0 Å². The summed E-state index contributed by atoms with van der Waals surface area (Å²) < 4.78 is 5.06. The summed E-state index contributed by atoms with van der Waals surface area (Å²) >= 11 is 1.36. The molecule has 0 aliphatic rings. The molecule has 0 bridgehead atoms. The molecule has 0 saturated carbocycles. The lowest BCUT2D eigenvalue weighted by atomic mass is 10.5.